The number of hydrogen-bond donors (Lipinski definition) is 2. The summed E-state index contributed by atoms with van der Waals surface area (Å²) >= 11 is 0. The van der Waals surface area contributed by atoms with Crippen LogP contribution in [0.25, 0.3) is 0 Å². The number of nitrogens with one attached hydrogen (secondary N) is 2. The maximum Gasteiger partial charge on any atom is 0.274 e. The molecule has 2 N–H and O–H groups in total. The third kappa shape index (κ3) is 4.77. The predicted octanol–water partition coefficient (Wildman–Crippen LogP) is 3.85. The second-order valence-electron chi connectivity index (χ2n) is 6.47. The summed E-state index contributed by atoms with van der Waals surface area (Å²) in [6, 6.07) is 9.50. The molecule has 0 saturated heterocycles. The van der Waals surface area contributed by atoms with Crippen molar-refractivity contribution < 1.29 is 4.79 Å². The van der Waals surface area contributed by atoms with Crippen molar-refractivity contribution in [1.82, 2.24) is 9.97 Å². The van der Waals surface area contributed by atoms with Crippen LogP contribution in [0.1, 0.15) is 50.2 Å². The van der Waals surface area contributed by atoms with Crippen molar-refractivity contribution in [2.45, 2.75) is 39.5 Å². The Hall–Kier alpha value is -2.43. The average molecular weight is 312 g/mol. The van der Waals surface area contributed by atoms with Crippen LogP contribution in [0.5, 0.6) is 0 Å². The second kappa shape index (κ2) is 7.22. The van der Waals surface area contributed by atoms with Gasteiger partial charge in [-0.15, -0.1) is 0 Å². The summed E-state index contributed by atoms with van der Waals surface area (Å²) < 4.78 is 0. The molecule has 0 fully saturated rings. The molecule has 2 rings (SSSR count). The first-order chi connectivity index (χ1) is 10.9. The summed E-state index contributed by atoms with van der Waals surface area (Å²) in [5, 5.41) is 5.94. The SMILES string of the molecule is CCCNc1nccc(C(=O)Nc2ccc(C(C)(C)C)cc2)n1. The van der Waals surface area contributed by atoms with Crippen LogP contribution < -0.4 is 10.6 Å². The minimum absolute atomic E-state index is 0.0923. The van der Waals surface area contributed by atoms with Crippen LogP contribution in [0.2, 0.25) is 0 Å². The van der Waals surface area contributed by atoms with Gasteiger partial charge in [-0.2, -0.15) is 0 Å². The van der Waals surface area contributed by atoms with Crippen LogP contribution in [0.3, 0.4) is 0 Å². The van der Waals surface area contributed by atoms with E-state index in [4.69, 9.17) is 0 Å². The van der Waals surface area contributed by atoms with Crippen LogP contribution >= 0.6 is 0 Å². The molecule has 0 radical (unpaired) electrons. The van der Waals surface area contributed by atoms with Gasteiger partial charge in [-0.3, -0.25) is 4.79 Å². The van der Waals surface area contributed by atoms with E-state index in [2.05, 4.69) is 48.3 Å². The standard InChI is InChI=1S/C18H24N4O/c1-5-11-19-17-20-12-10-15(22-17)16(23)21-14-8-6-13(7-9-14)18(2,3)4/h6-10,12H,5,11H2,1-4H3,(H,21,23)(H,19,20,22). The second-order valence-corrected chi connectivity index (χ2v) is 6.47. The number of rotatable bonds is 5. The van der Waals surface area contributed by atoms with Crippen molar-refractivity contribution in [3.63, 3.8) is 0 Å². The lowest BCUT2D eigenvalue weighted by Gasteiger charge is -2.19. The first-order valence-electron chi connectivity index (χ1n) is 7.89. The minimum atomic E-state index is -0.240. The number of hydrogen-bond acceptors (Lipinski definition) is 4. The van der Waals surface area contributed by atoms with Crippen molar-refractivity contribution >= 4 is 17.5 Å². The number of anilines is 2. The van der Waals surface area contributed by atoms with E-state index < -0.39 is 0 Å². The summed E-state index contributed by atoms with van der Waals surface area (Å²) in [4.78, 5) is 20.6. The number of aromatic nitrogens is 2. The normalized spacial score (nSPS) is 11.1. The molecule has 1 aromatic carbocycles. The molecule has 1 heterocycles. The van der Waals surface area contributed by atoms with Crippen molar-refractivity contribution in [1.29, 1.82) is 0 Å². The van der Waals surface area contributed by atoms with Gasteiger partial charge in [0.15, 0.2) is 0 Å². The van der Waals surface area contributed by atoms with E-state index in [0.717, 1.165) is 18.7 Å². The van der Waals surface area contributed by atoms with Gasteiger partial charge < -0.3 is 10.6 Å². The highest BCUT2D eigenvalue weighted by Crippen LogP contribution is 2.23. The Balaban J connectivity index is 2.07. The van der Waals surface area contributed by atoms with E-state index in [1.165, 1.54) is 5.56 Å². The molecule has 0 aliphatic carbocycles. The fourth-order valence-corrected chi connectivity index (χ4v) is 2.06. The Bertz CT molecular complexity index is 659. The zero-order chi connectivity index (χ0) is 16.9. The van der Waals surface area contributed by atoms with Crippen molar-refractivity contribution in [3.05, 3.63) is 47.8 Å². The van der Waals surface area contributed by atoms with Crippen molar-refractivity contribution in [3.8, 4) is 0 Å². The number of carbonyl (C=O) groups is 1. The Morgan fingerprint density at radius 2 is 1.83 bits per heavy atom. The Morgan fingerprint density at radius 3 is 2.43 bits per heavy atom. The Labute approximate surface area is 137 Å². The molecule has 122 valence electrons. The van der Waals surface area contributed by atoms with E-state index in [9.17, 15) is 4.79 Å². The molecule has 23 heavy (non-hydrogen) atoms. The largest absolute Gasteiger partial charge is 0.354 e. The topological polar surface area (TPSA) is 66.9 Å². The van der Waals surface area contributed by atoms with Crippen LogP contribution in [-0.2, 0) is 5.41 Å². The number of benzene rings is 1. The van der Waals surface area contributed by atoms with Crippen molar-refractivity contribution in [2.24, 2.45) is 0 Å². The monoisotopic (exact) mass is 312 g/mol. The molecule has 1 amide bonds. The summed E-state index contributed by atoms with van der Waals surface area (Å²) in [6.45, 7) is 9.31. The molecule has 5 heteroatoms. The molecule has 0 spiro atoms. The molecule has 0 aliphatic heterocycles. The Morgan fingerprint density at radius 1 is 1.13 bits per heavy atom. The smallest absolute Gasteiger partial charge is 0.274 e. The lowest BCUT2D eigenvalue weighted by atomic mass is 9.87. The molecular weight excluding hydrogens is 288 g/mol. The van der Waals surface area contributed by atoms with Gasteiger partial charge in [-0.05, 0) is 35.6 Å². The molecule has 5 nitrogen and oxygen atoms in total. The van der Waals surface area contributed by atoms with E-state index in [1.807, 2.05) is 24.3 Å². The quantitative estimate of drug-likeness (QED) is 0.880. The predicted molar refractivity (Wildman–Crippen MR) is 93.9 cm³/mol. The lowest BCUT2D eigenvalue weighted by Crippen LogP contribution is -2.16. The molecular formula is C18H24N4O. The zero-order valence-corrected chi connectivity index (χ0v) is 14.2. The number of amides is 1. The molecule has 0 bridgehead atoms. The fraction of sp³-hybridized carbons (Fsp3) is 0.389. The lowest BCUT2D eigenvalue weighted by molar-refractivity contribution is 0.102. The number of carbonyl (C=O) groups excluding carboxylic acids is 1. The summed E-state index contributed by atoms with van der Waals surface area (Å²) in [6.07, 6.45) is 2.56. The van der Waals surface area contributed by atoms with Gasteiger partial charge in [-0.25, -0.2) is 9.97 Å². The highest BCUT2D eigenvalue weighted by atomic mass is 16.1. The summed E-state index contributed by atoms with van der Waals surface area (Å²) in [5.74, 6) is 0.234. The highest BCUT2D eigenvalue weighted by molar-refractivity contribution is 6.02. The average Bonchev–Trinajstić information content (AvgIpc) is 2.53. The van der Waals surface area contributed by atoms with Gasteiger partial charge >= 0.3 is 0 Å². The summed E-state index contributed by atoms with van der Waals surface area (Å²) in [5.41, 5.74) is 2.42. The summed E-state index contributed by atoms with van der Waals surface area (Å²) in [7, 11) is 0. The third-order valence-corrected chi connectivity index (χ3v) is 3.43. The first-order valence-corrected chi connectivity index (χ1v) is 7.89. The van der Waals surface area contributed by atoms with E-state index in [0.29, 0.717) is 11.6 Å². The Kier molecular flexibility index (Phi) is 5.32. The van der Waals surface area contributed by atoms with Crippen LogP contribution in [0, 0.1) is 0 Å². The third-order valence-electron chi connectivity index (χ3n) is 3.43. The fourth-order valence-electron chi connectivity index (χ4n) is 2.06. The van der Waals surface area contributed by atoms with Gasteiger partial charge in [0.1, 0.15) is 5.69 Å². The molecule has 0 aliphatic rings. The highest BCUT2D eigenvalue weighted by Gasteiger charge is 2.14. The van der Waals surface area contributed by atoms with Crippen LogP contribution in [0.4, 0.5) is 11.6 Å². The maximum atomic E-state index is 12.3. The molecule has 0 saturated carbocycles. The first kappa shape index (κ1) is 16.9. The van der Waals surface area contributed by atoms with Gasteiger partial charge in [-0.1, -0.05) is 39.8 Å². The molecule has 0 atom stereocenters. The van der Waals surface area contributed by atoms with Gasteiger partial charge in [0, 0.05) is 18.4 Å². The minimum Gasteiger partial charge on any atom is -0.354 e. The van der Waals surface area contributed by atoms with Gasteiger partial charge in [0.25, 0.3) is 5.91 Å². The zero-order valence-electron chi connectivity index (χ0n) is 14.2. The van der Waals surface area contributed by atoms with E-state index in [-0.39, 0.29) is 11.3 Å². The molecule has 2 aromatic rings. The van der Waals surface area contributed by atoms with Gasteiger partial charge in [0.05, 0.1) is 0 Å². The molecule has 1 aromatic heterocycles. The number of nitrogens with zero attached hydrogens (tertiary/aromatic N) is 2. The van der Waals surface area contributed by atoms with Gasteiger partial charge in [0.2, 0.25) is 5.95 Å². The van der Waals surface area contributed by atoms with E-state index >= 15 is 0 Å². The van der Waals surface area contributed by atoms with E-state index in [1.54, 1.807) is 12.3 Å². The van der Waals surface area contributed by atoms with Crippen LogP contribution in [0.15, 0.2) is 36.5 Å². The van der Waals surface area contributed by atoms with Crippen LogP contribution in [-0.4, -0.2) is 22.4 Å². The molecule has 0 unspecified atom stereocenters. The maximum absolute atomic E-state index is 12.3. The van der Waals surface area contributed by atoms with Crippen molar-refractivity contribution in [2.75, 3.05) is 17.2 Å².